The molecule has 124 valence electrons. The predicted octanol–water partition coefficient (Wildman–Crippen LogP) is 2.38. The third-order valence-corrected chi connectivity index (χ3v) is 3.65. The van der Waals surface area contributed by atoms with Gasteiger partial charge in [-0.1, -0.05) is 12.1 Å². The lowest BCUT2D eigenvalue weighted by Crippen LogP contribution is -2.30. The van der Waals surface area contributed by atoms with E-state index in [2.05, 4.69) is 4.74 Å². The number of aliphatic hydroxyl groups excluding tert-OH is 1. The Labute approximate surface area is 127 Å². The van der Waals surface area contributed by atoms with E-state index in [-0.39, 0.29) is 12.6 Å². The third-order valence-electron chi connectivity index (χ3n) is 3.65. The van der Waals surface area contributed by atoms with Crippen molar-refractivity contribution in [1.82, 2.24) is 4.90 Å². The highest BCUT2D eigenvalue weighted by Gasteiger charge is 2.32. The fourth-order valence-corrected chi connectivity index (χ4v) is 2.69. The Hall–Kier alpha value is -1.31. The summed E-state index contributed by atoms with van der Waals surface area (Å²) in [4.78, 5) is 1.94. The molecular weight excluding hydrogens is 299 g/mol. The summed E-state index contributed by atoms with van der Waals surface area (Å²) in [6.07, 6.45) is -4.25. The Morgan fingerprint density at radius 3 is 2.82 bits per heavy atom. The van der Waals surface area contributed by atoms with Crippen LogP contribution in [0.2, 0.25) is 0 Å². The minimum absolute atomic E-state index is 0.0211. The fourth-order valence-electron chi connectivity index (χ4n) is 2.69. The van der Waals surface area contributed by atoms with Crippen LogP contribution in [-0.4, -0.2) is 55.7 Å². The lowest BCUT2D eigenvalue weighted by Gasteiger charge is -2.24. The molecule has 0 aromatic heterocycles. The van der Waals surface area contributed by atoms with Crippen LogP contribution >= 0.6 is 0 Å². The second-order valence-corrected chi connectivity index (χ2v) is 5.34. The van der Waals surface area contributed by atoms with E-state index in [1.165, 1.54) is 0 Å². The highest BCUT2D eigenvalue weighted by atomic mass is 19.4. The molecule has 1 aliphatic rings. The highest BCUT2D eigenvalue weighted by molar-refractivity contribution is 5.31. The topological polar surface area (TPSA) is 41.9 Å². The van der Waals surface area contributed by atoms with Crippen LogP contribution in [0.5, 0.6) is 5.75 Å². The molecule has 0 spiro atoms. The number of alkyl halides is 3. The van der Waals surface area contributed by atoms with Gasteiger partial charge >= 0.3 is 6.18 Å². The number of halogens is 3. The second kappa shape index (κ2) is 7.30. The monoisotopic (exact) mass is 319 g/mol. The minimum atomic E-state index is -4.31. The fraction of sp³-hybridized carbons (Fsp3) is 0.600. The standard InChI is InChI=1S/C15H20F3NO3/c1-21-13-4-2-3-11(7-13)14-8-12(20)9-19(14)5-6-22-10-15(16,17)18/h2-4,7,12,14,20H,5-6,8-10H2,1H3/t12-,14-/m0/s1. The molecule has 0 radical (unpaired) electrons. The molecule has 4 nitrogen and oxygen atoms in total. The number of hydrogen-bond acceptors (Lipinski definition) is 4. The molecule has 7 heteroatoms. The number of β-amino-alcohol motifs (C(OH)–C–C–N with tert-alkyl or cyclic N) is 1. The van der Waals surface area contributed by atoms with Gasteiger partial charge in [-0.25, -0.2) is 0 Å². The van der Waals surface area contributed by atoms with Gasteiger partial charge in [0, 0.05) is 19.1 Å². The first-order valence-corrected chi connectivity index (χ1v) is 7.09. The van der Waals surface area contributed by atoms with Crippen molar-refractivity contribution < 1.29 is 27.8 Å². The minimum Gasteiger partial charge on any atom is -0.497 e. The molecule has 1 heterocycles. The van der Waals surface area contributed by atoms with Gasteiger partial charge in [-0.2, -0.15) is 13.2 Å². The number of methoxy groups -OCH3 is 1. The summed E-state index contributed by atoms with van der Waals surface area (Å²) in [7, 11) is 1.57. The first kappa shape index (κ1) is 17.1. The van der Waals surface area contributed by atoms with Gasteiger partial charge in [0.2, 0.25) is 0 Å². The lowest BCUT2D eigenvalue weighted by molar-refractivity contribution is -0.174. The van der Waals surface area contributed by atoms with Gasteiger partial charge in [-0.05, 0) is 24.1 Å². The normalized spacial score (nSPS) is 23.0. The zero-order valence-electron chi connectivity index (χ0n) is 12.3. The van der Waals surface area contributed by atoms with Gasteiger partial charge in [0.25, 0.3) is 0 Å². The smallest absolute Gasteiger partial charge is 0.411 e. The Balaban J connectivity index is 1.94. The Kier molecular flexibility index (Phi) is 5.66. The van der Waals surface area contributed by atoms with Gasteiger partial charge in [0.15, 0.2) is 0 Å². The Morgan fingerprint density at radius 2 is 2.14 bits per heavy atom. The molecule has 0 amide bonds. The second-order valence-electron chi connectivity index (χ2n) is 5.34. The summed E-state index contributed by atoms with van der Waals surface area (Å²) >= 11 is 0. The van der Waals surface area contributed by atoms with Crippen LogP contribution in [0.15, 0.2) is 24.3 Å². The summed E-state index contributed by atoms with van der Waals surface area (Å²) in [6.45, 7) is -0.494. The molecule has 2 atom stereocenters. The van der Waals surface area contributed by atoms with Crippen molar-refractivity contribution in [1.29, 1.82) is 0 Å². The summed E-state index contributed by atoms with van der Waals surface area (Å²) in [5.74, 6) is 0.715. The molecule has 22 heavy (non-hydrogen) atoms. The van der Waals surface area contributed by atoms with Crippen LogP contribution in [0.3, 0.4) is 0 Å². The lowest BCUT2D eigenvalue weighted by atomic mass is 10.0. The van der Waals surface area contributed by atoms with Crippen molar-refractivity contribution in [3.05, 3.63) is 29.8 Å². The quantitative estimate of drug-likeness (QED) is 0.818. The van der Waals surface area contributed by atoms with Crippen LogP contribution in [0, 0.1) is 0 Å². The predicted molar refractivity (Wildman–Crippen MR) is 74.8 cm³/mol. The zero-order valence-corrected chi connectivity index (χ0v) is 12.3. The number of hydrogen-bond donors (Lipinski definition) is 1. The van der Waals surface area contributed by atoms with Gasteiger partial charge < -0.3 is 14.6 Å². The molecule has 1 aromatic rings. The van der Waals surface area contributed by atoms with Crippen molar-refractivity contribution in [3.63, 3.8) is 0 Å². The van der Waals surface area contributed by atoms with E-state index in [1.54, 1.807) is 7.11 Å². The molecule has 1 fully saturated rings. The summed E-state index contributed by atoms with van der Waals surface area (Å²) in [5.41, 5.74) is 0.978. The number of nitrogens with zero attached hydrogens (tertiary/aromatic N) is 1. The first-order valence-electron chi connectivity index (χ1n) is 7.09. The van der Waals surface area contributed by atoms with Gasteiger partial charge in [0.1, 0.15) is 12.4 Å². The van der Waals surface area contributed by atoms with Crippen LogP contribution in [-0.2, 0) is 4.74 Å². The van der Waals surface area contributed by atoms with Crippen molar-refractivity contribution in [2.75, 3.05) is 33.4 Å². The molecule has 0 unspecified atom stereocenters. The van der Waals surface area contributed by atoms with E-state index >= 15 is 0 Å². The van der Waals surface area contributed by atoms with Crippen molar-refractivity contribution in [2.45, 2.75) is 24.7 Å². The molecule has 1 N–H and O–H groups in total. The van der Waals surface area contributed by atoms with Gasteiger partial charge in [0.05, 0.1) is 19.8 Å². The van der Waals surface area contributed by atoms with E-state index in [0.717, 1.165) is 5.56 Å². The number of benzene rings is 1. The Morgan fingerprint density at radius 1 is 1.36 bits per heavy atom. The van der Waals surface area contributed by atoms with Crippen molar-refractivity contribution >= 4 is 0 Å². The molecule has 2 rings (SSSR count). The average molecular weight is 319 g/mol. The van der Waals surface area contributed by atoms with Crippen LogP contribution in [0.1, 0.15) is 18.0 Å². The first-order chi connectivity index (χ1) is 10.4. The summed E-state index contributed by atoms with van der Waals surface area (Å²) < 4.78 is 46.0. The van der Waals surface area contributed by atoms with E-state index in [1.807, 2.05) is 29.2 Å². The molecule has 1 aromatic carbocycles. The maximum atomic E-state index is 12.1. The largest absolute Gasteiger partial charge is 0.497 e. The van der Waals surface area contributed by atoms with Crippen LogP contribution in [0.25, 0.3) is 0 Å². The van der Waals surface area contributed by atoms with Gasteiger partial charge in [-0.3, -0.25) is 4.90 Å². The van der Waals surface area contributed by atoms with E-state index in [9.17, 15) is 18.3 Å². The maximum absolute atomic E-state index is 12.1. The Bertz CT molecular complexity index is 481. The SMILES string of the molecule is COc1cccc([C@@H]2C[C@H](O)CN2CCOCC(F)(F)F)c1. The summed E-state index contributed by atoms with van der Waals surface area (Å²) in [6, 6.07) is 7.45. The molecule has 1 aliphatic heterocycles. The van der Waals surface area contributed by atoms with Crippen LogP contribution < -0.4 is 4.74 Å². The average Bonchev–Trinajstić information content (AvgIpc) is 2.84. The van der Waals surface area contributed by atoms with Gasteiger partial charge in [-0.15, -0.1) is 0 Å². The number of aliphatic hydroxyl groups is 1. The number of rotatable bonds is 6. The molecule has 0 bridgehead atoms. The molecule has 0 saturated carbocycles. The third kappa shape index (κ3) is 4.86. The number of ether oxygens (including phenoxy) is 2. The molecule has 1 saturated heterocycles. The highest BCUT2D eigenvalue weighted by Crippen LogP contribution is 2.33. The van der Waals surface area contributed by atoms with Crippen LogP contribution in [0.4, 0.5) is 13.2 Å². The summed E-state index contributed by atoms with van der Waals surface area (Å²) in [5, 5.41) is 9.85. The maximum Gasteiger partial charge on any atom is 0.411 e. The van der Waals surface area contributed by atoms with E-state index < -0.39 is 18.9 Å². The molecular formula is C15H20F3NO3. The zero-order chi connectivity index (χ0) is 16.2. The van der Waals surface area contributed by atoms with E-state index in [4.69, 9.17) is 4.74 Å². The molecule has 0 aliphatic carbocycles. The van der Waals surface area contributed by atoms with E-state index in [0.29, 0.717) is 25.3 Å². The van der Waals surface area contributed by atoms with Crippen molar-refractivity contribution in [2.24, 2.45) is 0 Å². The number of likely N-dealkylation sites (tertiary alicyclic amines) is 1. The van der Waals surface area contributed by atoms with Crippen molar-refractivity contribution in [3.8, 4) is 5.75 Å².